The molecule has 1 aromatic carbocycles. The zero-order valence-corrected chi connectivity index (χ0v) is 19.5. The van der Waals surface area contributed by atoms with E-state index in [2.05, 4.69) is 73.6 Å². The van der Waals surface area contributed by atoms with Gasteiger partial charge in [0.25, 0.3) is 10.1 Å². The molecule has 0 amide bonds. The lowest BCUT2D eigenvalue weighted by molar-refractivity contribution is 0.374. The van der Waals surface area contributed by atoms with Crippen LogP contribution in [0.25, 0.3) is 0 Å². The molecule has 0 atom stereocenters. The Morgan fingerprint density at radius 2 is 1.62 bits per heavy atom. The van der Waals surface area contributed by atoms with E-state index in [4.69, 9.17) is 4.55 Å². The Balaban J connectivity index is 3.63. The van der Waals surface area contributed by atoms with E-state index in [9.17, 15) is 8.42 Å². The molecule has 0 aliphatic carbocycles. The lowest BCUT2D eigenvalue weighted by Crippen LogP contribution is -2.45. The standard InChI is InChI=1S/C21H36O3SSi/c1-15(2)21(7,8)19-13-9-11-18(12-10-14-25(22,23)24)20(19)26(16(3)4)17(5)6/h9-11,13-17,26H,12H2,1-8H3,(H,22,23,24). The Morgan fingerprint density at radius 3 is 2.04 bits per heavy atom. The van der Waals surface area contributed by atoms with Gasteiger partial charge in [-0.3, -0.25) is 4.55 Å². The molecule has 1 rings (SSSR count). The second-order valence-electron chi connectivity index (χ2n) is 8.86. The lowest BCUT2D eigenvalue weighted by atomic mass is 9.74. The van der Waals surface area contributed by atoms with Crippen LogP contribution >= 0.6 is 0 Å². The van der Waals surface area contributed by atoms with Crippen molar-refractivity contribution in [1.29, 1.82) is 0 Å². The monoisotopic (exact) mass is 396 g/mol. The van der Waals surface area contributed by atoms with Crippen LogP contribution < -0.4 is 5.19 Å². The van der Waals surface area contributed by atoms with Crippen molar-refractivity contribution in [3.8, 4) is 0 Å². The minimum atomic E-state index is -4.08. The highest BCUT2D eigenvalue weighted by Gasteiger charge is 2.33. The van der Waals surface area contributed by atoms with Gasteiger partial charge in [-0.15, -0.1) is 0 Å². The van der Waals surface area contributed by atoms with Crippen molar-refractivity contribution in [2.75, 3.05) is 0 Å². The molecule has 26 heavy (non-hydrogen) atoms. The van der Waals surface area contributed by atoms with Crippen molar-refractivity contribution in [3.63, 3.8) is 0 Å². The van der Waals surface area contributed by atoms with Crippen LogP contribution in [-0.4, -0.2) is 21.8 Å². The summed E-state index contributed by atoms with van der Waals surface area (Å²) < 4.78 is 31.1. The molecule has 1 N–H and O–H groups in total. The number of hydrogen-bond donors (Lipinski definition) is 1. The molecule has 0 unspecified atom stereocenters. The predicted molar refractivity (Wildman–Crippen MR) is 116 cm³/mol. The van der Waals surface area contributed by atoms with Crippen molar-refractivity contribution in [2.45, 2.75) is 78.3 Å². The van der Waals surface area contributed by atoms with Gasteiger partial charge in [0, 0.05) is 0 Å². The SMILES string of the molecule is CC(C)[SiH](c1c(CC=CS(=O)(=O)O)cccc1C(C)(C)C(C)C)C(C)C. The summed E-state index contributed by atoms with van der Waals surface area (Å²) in [5.74, 6) is 0.499. The van der Waals surface area contributed by atoms with Crippen molar-refractivity contribution >= 4 is 24.1 Å². The third kappa shape index (κ3) is 5.79. The van der Waals surface area contributed by atoms with Crippen molar-refractivity contribution in [2.24, 2.45) is 5.92 Å². The molecule has 3 nitrogen and oxygen atoms in total. The second kappa shape index (κ2) is 8.85. The highest BCUT2D eigenvalue weighted by Crippen LogP contribution is 2.33. The summed E-state index contributed by atoms with van der Waals surface area (Å²) in [6, 6.07) is 6.47. The van der Waals surface area contributed by atoms with E-state index in [0.717, 1.165) is 5.41 Å². The Bertz CT molecular complexity index is 724. The molecule has 148 valence electrons. The number of hydrogen-bond acceptors (Lipinski definition) is 2. The first-order valence-electron chi connectivity index (χ1n) is 9.55. The molecule has 0 fully saturated rings. The summed E-state index contributed by atoms with van der Waals surface area (Å²) in [5, 5.41) is 2.38. The highest BCUT2D eigenvalue weighted by atomic mass is 32.2. The van der Waals surface area contributed by atoms with Crippen LogP contribution in [0.3, 0.4) is 0 Å². The molecular weight excluding hydrogens is 360 g/mol. The Labute approximate surface area is 162 Å². The molecule has 0 radical (unpaired) electrons. The first kappa shape index (κ1) is 23.1. The minimum Gasteiger partial charge on any atom is -0.282 e. The summed E-state index contributed by atoms with van der Waals surface area (Å²) in [5.41, 5.74) is 3.89. The van der Waals surface area contributed by atoms with Crippen LogP contribution in [0.4, 0.5) is 0 Å². The van der Waals surface area contributed by atoms with Crippen LogP contribution in [0.15, 0.2) is 29.7 Å². The largest absolute Gasteiger partial charge is 0.287 e. The van der Waals surface area contributed by atoms with Crippen molar-refractivity contribution < 1.29 is 13.0 Å². The molecule has 0 aromatic heterocycles. The van der Waals surface area contributed by atoms with Crippen LogP contribution in [0.2, 0.25) is 11.1 Å². The van der Waals surface area contributed by atoms with E-state index in [1.165, 1.54) is 16.3 Å². The van der Waals surface area contributed by atoms with E-state index in [1.54, 1.807) is 6.08 Å². The fourth-order valence-corrected chi connectivity index (χ4v) is 8.47. The third-order valence-corrected chi connectivity index (χ3v) is 10.5. The number of rotatable bonds is 8. The molecule has 0 heterocycles. The van der Waals surface area contributed by atoms with Gasteiger partial charge in [-0.05, 0) is 40.0 Å². The van der Waals surface area contributed by atoms with E-state index < -0.39 is 18.9 Å². The summed E-state index contributed by atoms with van der Waals surface area (Å²) in [4.78, 5) is 0. The summed E-state index contributed by atoms with van der Waals surface area (Å²) in [7, 11) is -5.37. The summed E-state index contributed by atoms with van der Waals surface area (Å²) >= 11 is 0. The molecule has 0 spiro atoms. The quantitative estimate of drug-likeness (QED) is 0.506. The molecule has 0 aliphatic rings. The molecule has 1 aromatic rings. The highest BCUT2D eigenvalue weighted by molar-refractivity contribution is 7.88. The van der Waals surface area contributed by atoms with Crippen molar-refractivity contribution in [1.82, 2.24) is 0 Å². The van der Waals surface area contributed by atoms with Gasteiger partial charge >= 0.3 is 0 Å². The molecule has 0 aliphatic heterocycles. The number of benzene rings is 1. The molecular formula is C21H36O3SSi. The average molecular weight is 397 g/mol. The van der Waals surface area contributed by atoms with Gasteiger partial charge in [-0.1, -0.05) is 84.9 Å². The fraction of sp³-hybridized carbons (Fsp3) is 0.619. The fourth-order valence-electron chi connectivity index (χ4n) is 3.79. The Morgan fingerprint density at radius 1 is 1.08 bits per heavy atom. The van der Waals surface area contributed by atoms with E-state index in [0.29, 0.717) is 23.4 Å². The Hall–Kier alpha value is -0.913. The maximum atomic E-state index is 11.0. The number of allylic oxidation sites excluding steroid dienone is 1. The second-order valence-corrected chi connectivity index (χ2v) is 14.5. The zero-order chi connectivity index (χ0) is 20.3. The molecule has 0 saturated heterocycles. The summed E-state index contributed by atoms with van der Waals surface area (Å²) in [6.45, 7) is 18.4. The maximum absolute atomic E-state index is 11.0. The molecule has 0 bridgehead atoms. The van der Waals surface area contributed by atoms with Gasteiger partial charge in [0.05, 0.1) is 14.2 Å². The summed E-state index contributed by atoms with van der Waals surface area (Å²) in [6.07, 6.45) is 2.09. The lowest BCUT2D eigenvalue weighted by Gasteiger charge is -2.37. The van der Waals surface area contributed by atoms with E-state index in [1.807, 2.05) is 0 Å². The van der Waals surface area contributed by atoms with E-state index in [-0.39, 0.29) is 5.41 Å². The molecule has 0 saturated carbocycles. The van der Waals surface area contributed by atoms with Crippen molar-refractivity contribution in [3.05, 3.63) is 40.8 Å². The maximum Gasteiger partial charge on any atom is 0.287 e. The normalized spacial score (nSPS) is 13.7. The first-order valence-corrected chi connectivity index (χ1v) is 13.0. The van der Waals surface area contributed by atoms with Gasteiger partial charge in [-0.2, -0.15) is 8.42 Å². The average Bonchev–Trinajstić information content (AvgIpc) is 2.46. The Kier molecular flexibility index (Phi) is 7.87. The minimum absolute atomic E-state index is 0.0488. The van der Waals surface area contributed by atoms with Gasteiger partial charge in [0.1, 0.15) is 0 Å². The van der Waals surface area contributed by atoms with Crippen LogP contribution in [0.5, 0.6) is 0 Å². The topological polar surface area (TPSA) is 54.4 Å². The van der Waals surface area contributed by atoms with Gasteiger partial charge in [0.15, 0.2) is 0 Å². The van der Waals surface area contributed by atoms with Gasteiger partial charge in [-0.25, -0.2) is 0 Å². The van der Waals surface area contributed by atoms with Crippen LogP contribution in [0.1, 0.15) is 66.5 Å². The van der Waals surface area contributed by atoms with Crippen LogP contribution in [-0.2, 0) is 22.0 Å². The van der Waals surface area contributed by atoms with Crippen LogP contribution in [0, 0.1) is 5.92 Å². The van der Waals surface area contributed by atoms with E-state index >= 15 is 0 Å². The van der Waals surface area contributed by atoms with Gasteiger partial charge < -0.3 is 0 Å². The molecule has 5 heteroatoms. The zero-order valence-electron chi connectivity index (χ0n) is 17.6. The first-order chi connectivity index (χ1) is 11.8. The predicted octanol–water partition coefficient (Wildman–Crippen LogP) is 4.82. The van der Waals surface area contributed by atoms with Gasteiger partial charge in [0.2, 0.25) is 0 Å². The smallest absolute Gasteiger partial charge is 0.282 e. The third-order valence-electron chi connectivity index (χ3n) is 5.71.